The van der Waals surface area contributed by atoms with Gasteiger partial charge in [0.25, 0.3) is 0 Å². The first-order chi connectivity index (χ1) is 9.68. The molecule has 2 aromatic rings. The lowest BCUT2D eigenvalue weighted by atomic mass is 10.0. The molecule has 0 unspecified atom stereocenters. The Labute approximate surface area is 118 Å². The first-order valence-corrected chi connectivity index (χ1v) is 6.82. The maximum Gasteiger partial charge on any atom is 0.225 e. The fraction of sp³-hybridized carbons (Fsp3) is 0.235. The average Bonchev–Trinajstić information content (AvgIpc) is 3.23. The van der Waals surface area contributed by atoms with Crippen molar-refractivity contribution >= 4 is 5.91 Å². The lowest BCUT2D eigenvalue weighted by Gasteiger charge is -2.18. The molecule has 3 rings (SSSR count). The molecule has 1 saturated carbocycles. The van der Waals surface area contributed by atoms with Crippen LogP contribution in [0.1, 0.15) is 24.0 Å². The minimum atomic E-state index is -0.157. The van der Waals surface area contributed by atoms with Crippen LogP contribution in [0.2, 0.25) is 0 Å². The maximum absolute atomic E-state index is 12.2. The lowest BCUT2D eigenvalue weighted by Crippen LogP contribution is -2.35. The normalized spacial score (nSPS) is 15.6. The molecule has 0 aliphatic heterocycles. The van der Waals surface area contributed by atoms with E-state index in [0.29, 0.717) is 6.42 Å². The van der Waals surface area contributed by atoms with Gasteiger partial charge in [-0.05, 0) is 36.1 Å². The number of phenolic OH excluding ortho intramolecular Hbond substituents is 1. The van der Waals surface area contributed by atoms with Gasteiger partial charge in [-0.15, -0.1) is 0 Å². The van der Waals surface area contributed by atoms with Crippen LogP contribution in [-0.2, 0) is 16.8 Å². The molecule has 1 amide bonds. The highest BCUT2D eigenvalue weighted by Crippen LogP contribution is 2.45. The number of carbonyl (C=O) groups is 1. The Morgan fingerprint density at radius 1 is 1.05 bits per heavy atom. The second-order valence-corrected chi connectivity index (χ2v) is 5.34. The van der Waals surface area contributed by atoms with E-state index < -0.39 is 0 Å². The van der Waals surface area contributed by atoms with E-state index in [9.17, 15) is 9.90 Å². The SMILES string of the molecule is O=C(Cc1ccc(O)cc1)NC1(c2ccccc2)CC1. The molecule has 1 fully saturated rings. The van der Waals surface area contributed by atoms with E-state index in [1.165, 1.54) is 5.56 Å². The number of phenols is 1. The van der Waals surface area contributed by atoms with Gasteiger partial charge >= 0.3 is 0 Å². The number of amides is 1. The molecule has 0 saturated heterocycles. The highest BCUT2D eigenvalue weighted by Gasteiger charge is 2.45. The molecule has 0 heterocycles. The van der Waals surface area contributed by atoms with Gasteiger partial charge < -0.3 is 10.4 Å². The summed E-state index contributed by atoms with van der Waals surface area (Å²) < 4.78 is 0. The third kappa shape index (κ3) is 2.67. The minimum Gasteiger partial charge on any atom is -0.508 e. The van der Waals surface area contributed by atoms with Gasteiger partial charge in [-0.1, -0.05) is 42.5 Å². The molecule has 0 spiro atoms. The summed E-state index contributed by atoms with van der Waals surface area (Å²) in [6, 6.07) is 16.9. The van der Waals surface area contributed by atoms with Crippen LogP contribution in [0.3, 0.4) is 0 Å². The van der Waals surface area contributed by atoms with E-state index in [0.717, 1.165) is 18.4 Å². The Morgan fingerprint density at radius 3 is 2.30 bits per heavy atom. The van der Waals surface area contributed by atoms with Crippen molar-refractivity contribution in [3.63, 3.8) is 0 Å². The summed E-state index contributed by atoms with van der Waals surface area (Å²) >= 11 is 0. The van der Waals surface area contributed by atoms with E-state index in [1.807, 2.05) is 18.2 Å². The topological polar surface area (TPSA) is 49.3 Å². The largest absolute Gasteiger partial charge is 0.508 e. The fourth-order valence-corrected chi connectivity index (χ4v) is 2.48. The molecule has 102 valence electrons. The monoisotopic (exact) mass is 267 g/mol. The molecule has 1 aliphatic carbocycles. The van der Waals surface area contributed by atoms with E-state index in [4.69, 9.17) is 0 Å². The fourth-order valence-electron chi connectivity index (χ4n) is 2.48. The highest BCUT2D eigenvalue weighted by molar-refractivity contribution is 5.80. The molecule has 20 heavy (non-hydrogen) atoms. The van der Waals surface area contributed by atoms with Crippen molar-refractivity contribution in [1.82, 2.24) is 5.32 Å². The highest BCUT2D eigenvalue weighted by atomic mass is 16.3. The zero-order chi connectivity index (χ0) is 14.0. The van der Waals surface area contributed by atoms with Crippen LogP contribution in [-0.4, -0.2) is 11.0 Å². The Hall–Kier alpha value is -2.29. The lowest BCUT2D eigenvalue weighted by molar-refractivity contribution is -0.121. The molecule has 0 radical (unpaired) electrons. The molecule has 3 heteroatoms. The van der Waals surface area contributed by atoms with Crippen LogP contribution < -0.4 is 5.32 Å². The van der Waals surface area contributed by atoms with Gasteiger partial charge in [-0.3, -0.25) is 4.79 Å². The molecule has 0 bridgehead atoms. The number of hydrogen-bond acceptors (Lipinski definition) is 2. The van der Waals surface area contributed by atoms with Crippen LogP contribution >= 0.6 is 0 Å². The third-order valence-corrected chi connectivity index (χ3v) is 3.76. The van der Waals surface area contributed by atoms with Crippen molar-refractivity contribution in [1.29, 1.82) is 0 Å². The molecule has 1 aliphatic rings. The number of nitrogens with one attached hydrogen (secondary N) is 1. The Kier molecular flexibility index (Phi) is 3.18. The van der Waals surface area contributed by atoms with Crippen LogP contribution in [0.25, 0.3) is 0 Å². The van der Waals surface area contributed by atoms with Crippen molar-refractivity contribution in [2.24, 2.45) is 0 Å². The van der Waals surface area contributed by atoms with Crippen molar-refractivity contribution in [3.05, 3.63) is 65.7 Å². The number of hydrogen-bond donors (Lipinski definition) is 2. The van der Waals surface area contributed by atoms with Crippen LogP contribution in [0.5, 0.6) is 5.75 Å². The van der Waals surface area contributed by atoms with Crippen molar-refractivity contribution in [3.8, 4) is 5.75 Å². The standard InChI is InChI=1S/C17H17NO2/c19-15-8-6-13(7-9-15)12-16(20)18-17(10-11-17)14-4-2-1-3-5-14/h1-9,19H,10-12H2,(H,18,20). The molecule has 0 atom stereocenters. The first-order valence-electron chi connectivity index (χ1n) is 6.82. The number of carbonyl (C=O) groups excluding carboxylic acids is 1. The summed E-state index contributed by atoms with van der Waals surface area (Å²) in [4.78, 5) is 12.2. The summed E-state index contributed by atoms with van der Waals surface area (Å²) in [6.45, 7) is 0. The zero-order valence-electron chi connectivity index (χ0n) is 11.2. The van der Waals surface area contributed by atoms with Crippen molar-refractivity contribution in [2.45, 2.75) is 24.8 Å². The van der Waals surface area contributed by atoms with Gasteiger partial charge in [0.05, 0.1) is 12.0 Å². The quantitative estimate of drug-likeness (QED) is 0.895. The molecule has 0 aromatic heterocycles. The summed E-state index contributed by atoms with van der Waals surface area (Å²) in [5.74, 6) is 0.245. The third-order valence-electron chi connectivity index (χ3n) is 3.76. The average molecular weight is 267 g/mol. The maximum atomic E-state index is 12.2. The summed E-state index contributed by atoms with van der Waals surface area (Å²) in [5.41, 5.74) is 1.93. The van der Waals surface area contributed by atoms with E-state index >= 15 is 0 Å². The first kappa shape index (κ1) is 12.7. The Bertz CT molecular complexity index is 601. The summed E-state index contributed by atoms with van der Waals surface area (Å²) in [5, 5.41) is 12.4. The van der Waals surface area contributed by atoms with Gasteiger partial charge in [0, 0.05) is 0 Å². The van der Waals surface area contributed by atoms with Crippen LogP contribution in [0.4, 0.5) is 0 Å². The van der Waals surface area contributed by atoms with Crippen molar-refractivity contribution < 1.29 is 9.90 Å². The van der Waals surface area contributed by atoms with Gasteiger partial charge in [0.1, 0.15) is 5.75 Å². The van der Waals surface area contributed by atoms with Crippen LogP contribution in [0, 0.1) is 0 Å². The van der Waals surface area contributed by atoms with Gasteiger partial charge in [-0.25, -0.2) is 0 Å². The zero-order valence-corrected chi connectivity index (χ0v) is 11.2. The van der Waals surface area contributed by atoms with Gasteiger partial charge in [-0.2, -0.15) is 0 Å². The summed E-state index contributed by atoms with van der Waals surface area (Å²) in [6.07, 6.45) is 2.34. The predicted octanol–water partition coefficient (Wildman–Crippen LogP) is 2.74. The second-order valence-electron chi connectivity index (χ2n) is 5.34. The number of benzene rings is 2. The van der Waals surface area contributed by atoms with E-state index in [-0.39, 0.29) is 17.2 Å². The van der Waals surface area contributed by atoms with Gasteiger partial charge in [0.15, 0.2) is 0 Å². The molecule has 2 aromatic carbocycles. The smallest absolute Gasteiger partial charge is 0.225 e. The number of rotatable bonds is 4. The number of aromatic hydroxyl groups is 1. The van der Waals surface area contributed by atoms with Gasteiger partial charge in [0.2, 0.25) is 5.91 Å². The predicted molar refractivity (Wildman–Crippen MR) is 77.3 cm³/mol. The minimum absolute atomic E-state index is 0.0250. The molecule has 2 N–H and O–H groups in total. The Balaban J connectivity index is 1.66. The molecule has 3 nitrogen and oxygen atoms in total. The second kappa shape index (κ2) is 5.00. The Morgan fingerprint density at radius 2 is 1.70 bits per heavy atom. The summed E-state index contributed by atoms with van der Waals surface area (Å²) in [7, 11) is 0. The van der Waals surface area contributed by atoms with Crippen LogP contribution in [0.15, 0.2) is 54.6 Å². The molecular weight excluding hydrogens is 250 g/mol. The molecular formula is C17H17NO2. The van der Waals surface area contributed by atoms with Crippen molar-refractivity contribution in [2.75, 3.05) is 0 Å². The van der Waals surface area contributed by atoms with E-state index in [2.05, 4.69) is 17.4 Å². The van der Waals surface area contributed by atoms with E-state index in [1.54, 1.807) is 24.3 Å².